The first-order valence-corrected chi connectivity index (χ1v) is 5.71. The molecular formula is C11H15BrN2O. The molecule has 2 N–H and O–H groups in total. The number of carbonyl (C=O) groups excluding carboxylic acids is 1. The van der Waals surface area contributed by atoms with Crippen LogP contribution in [0.2, 0.25) is 0 Å². The second-order valence-corrected chi connectivity index (χ2v) is 4.19. The topological polar surface area (TPSA) is 46.3 Å². The van der Waals surface area contributed by atoms with E-state index < -0.39 is 0 Å². The van der Waals surface area contributed by atoms with Gasteiger partial charge in [0.2, 0.25) is 5.91 Å². The molecule has 1 aromatic rings. The van der Waals surface area contributed by atoms with Crippen LogP contribution in [-0.4, -0.2) is 19.0 Å². The largest absolute Gasteiger partial charge is 0.371 e. The minimum Gasteiger partial charge on any atom is -0.371 e. The van der Waals surface area contributed by atoms with E-state index in [-0.39, 0.29) is 5.91 Å². The van der Waals surface area contributed by atoms with Gasteiger partial charge in [0.25, 0.3) is 0 Å². The molecule has 0 radical (unpaired) electrons. The van der Waals surface area contributed by atoms with Crippen LogP contribution in [0.4, 0.5) is 5.69 Å². The Kier molecular flexibility index (Phi) is 4.62. The molecule has 1 amide bonds. The molecule has 0 saturated carbocycles. The lowest BCUT2D eigenvalue weighted by atomic mass is 10.2. The Morgan fingerprint density at radius 1 is 1.53 bits per heavy atom. The highest BCUT2D eigenvalue weighted by Gasteiger charge is 2.05. The van der Waals surface area contributed by atoms with E-state index in [0.717, 1.165) is 16.7 Å². The maximum atomic E-state index is 10.7. The number of benzene rings is 1. The molecular weight excluding hydrogens is 256 g/mol. The molecule has 4 heteroatoms. The third kappa shape index (κ3) is 3.91. The molecule has 15 heavy (non-hydrogen) atoms. The molecule has 0 saturated heterocycles. The van der Waals surface area contributed by atoms with Gasteiger partial charge in [0.05, 0.1) is 0 Å². The third-order valence-corrected chi connectivity index (χ3v) is 2.68. The number of hydrogen-bond donors (Lipinski definition) is 1. The van der Waals surface area contributed by atoms with Gasteiger partial charge in [0.15, 0.2) is 0 Å². The van der Waals surface area contributed by atoms with Crippen LogP contribution in [0.15, 0.2) is 28.7 Å². The maximum Gasteiger partial charge on any atom is 0.219 e. The van der Waals surface area contributed by atoms with Crippen molar-refractivity contribution in [3.63, 3.8) is 0 Å². The summed E-state index contributed by atoms with van der Waals surface area (Å²) in [5, 5.41) is 0. The summed E-state index contributed by atoms with van der Waals surface area (Å²) in [7, 11) is 0. The molecule has 0 heterocycles. The summed E-state index contributed by atoms with van der Waals surface area (Å²) in [6.45, 7) is 3.59. The molecule has 0 bridgehead atoms. The number of nitrogens with two attached hydrogens (primary N) is 1. The van der Waals surface area contributed by atoms with Crippen LogP contribution in [-0.2, 0) is 4.79 Å². The van der Waals surface area contributed by atoms with Crippen molar-refractivity contribution < 1.29 is 4.79 Å². The summed E-state index contributed by atoms with van der Waals surface area (Å²) in [5.74, 6) is -0.261. The van der Waals surface area contributed by atoms with E-state index >= 15 is 0 Å². The molecule has 82 valence electrons. The molecule has 1 rings (SSSR count). The number of hydrogen-bond acceptors (Lipinski definition) is 2. The number of amides is 1. The average Bonchev–Trinajstić information content (AvgIpc) is 2.18. The number of anilines is 1. The SMILES string of the molecule is CCN(CCC(N)=O)c1cccc(Br)c1. The summed E-state index contributed by atoms with van der Waals surface area (Å²) in [4.78, 5) is 12.8. The van der Waals surface area contributed by atoms with Crippen molar-refractivity contribution >= 4 is 27.5 Å². The number of carbonyl (C=O) groups is 1. The van der Waals surface area contributed by atoms with E-state index in [9.17, 15) is 4.79 Å². The van der Waals surface area contributed by atoms with E-state index in [2.05, 4.69) is 27.8 Å². The summed E-state index contributed by atoms with van der Waals surface area (Å²) < 4.78 is 1.04. The summed E-state index contributed by atoms with van der Waals surface area (Å²) >= 11 is 3.42. The second kappa shape index (κ2) is 5.75. The van der Waals surface area contributed by atoms with E-state index in [0.29, 0.717) is 13.0 Å². The van der Waals surface area contributed by atoms with Crippen molar-refractivity contribution in [2.75, 3.05) is 18.0 Å². The second-order valence-electron chi connectivity index (χ2n) is 3.28. The molecule has 3 nitrogen and oxygen atoms in total. The van der Waals surface area contributed by atoms with Gasteiger partial charge in [0.1, 0.15) is 0 Å². The van der Waals surface area contributed by atoms with Crippen molar-refractivity contribution in [1.29, 1.82) is 0 Å². The van der Waals surface area contributed by atoms with Crippen LogP contribution >= 0.6 is 15.9 Å². The standard InChI is InChI=1S/C11H15BrN2O/c1-2-14(7-6-11(13)15)10-5-3-4-9(12)8-10/h3-5,8H,2,6-7H2,1H3,(H2,13,15). The Morgan fingerprint density at radius 2 is 2.27 bits per heavy atom. The molecule has 0 aliphatic heterocycles. The van der Waals surface area contributed by atoms with Crippen molar-refractivity contribution in [3.8, 4) is 0 Å². The minimum atomic E-state index is -0.261. The number of rotatable bonds is 5. The van der Waals surface area contributed by atoms with Gasteiger partial charge in [-0.2, -0.15) is 0 Å². The lowest BCUT2D eigenvalue weighted by Gasteiger charge is -2.22. The summed E-state index contributed by atoms with van der Waals surface area (Å²) in [5.41, 5.74) is 6.23. The van der Waals surface area contributed by atoms with E-state index in [1.807, 2.05) is 24.3 Å². The fraction of sp³-hybridized carbons (Fsp3) is 0.364. The number of nitrogens with zero attached hydrogens (tertiary/aromatic N) is 1. The zero-order valence-electron chi connectivity index (χ0n) is 8.74. The minimum absolute atomic E-state index is 0.261. The van der Waals surface area contributed by atoms with E-state index in [1.165, 1.54) is 0 Å². The zero-order chi connectivity index (χ0) is 11.3. The first kappa shape index (κ1) is 12.0. The van der Waals surface area contributed by atoms with Crippen LogP contribution in [0.1, 0.15) is 13.3 Å². The lowest BCUT2D eigenvalue weighted by Crippen LogP contribution is -2.27. The molecule has 1 aromatic carbocycles. The van der Waals surface area contributed by atoms with Crippen molar-refractivity contribution in [2.24, 2.45) is 5.73 Å². The molecule has 0 unspecified atom stereocenters. The molecule has 0 spiro atoms. The first-order chi connectivity index (χ1) is 7.13. The Bertz CT molecular complexity index is 341. The van der Waals surface area contributed by atoms with Gasteiger partial charge >= 0.3 is 0 Å². The van der Waals surface area contributed by atoms with Gasteiger partial charge in [-0.15, -0.1) is 0 Å². The monoisotopic (exact) mass is 270 g/mol. The zero-order valence-corrected chi connectivity index (χ0v) is 10.3. The van der Waals surface area contributed by atoms with E-state index in [1.54, 1.807) is 0 Å². The normalized spacial score (nSPS) is 10.0. The van der Waals surface area contributed by atoms with Gasteiger partial charge in [-0.1, -0.05) is 22.0 Å². The van der Waals surface area contributed by atoms with Crippen LogP contribution < -0.4 is 10.6 Å². The van der Waals surface area contributed by atoms with Crippen LogP contribution in [0.25, 0.3) is 0 Å². The molecule has 0 aliphatic rings. The quantitative estimate of drug-likeness (QED) is 0.891. The first-order valence-electron chi connectivity index (χ1n) is 4.92. The number of primary amides is 1. The Labute approximate surface area is 98.4 Å². The molecule has 0 aliphatic carbocycles. The van der Waals surface area contributed by atoms with Crippen LogP contribution in [0.3, 0.4) is 0 Å². The highest BCUT2D eigenvalue weighted by Crippen LogP contribution is 2.19. The Morgan fingerprint density at radius 3 is 2.80 bits per heavy atom. The average molecular weight is 271 g/mol. The fourth-order valence-electron chi connectivity index (χ4n) is 1.39. The molecule has 0 fully saturated rings. The van der Waals surface area contributed by atoms with Gasteiger partial charge in [-0.3, -0.25) is 4.79 Å². The smallest absolute Gasteiger partial charge is 0.219 e. The van der Waals surface area contributed by atoms with Gasteiger partial charge in [0, 0.05) is 29.7 Å². The highest BCUT2D eigenvalue weighted by atomic mass is 79.9. The summed E-state index contributed by atoms with van der Waals surface area (Å²) in [6.07, 6.45) is 0.389. The van der Waals surface area contributed by atoms with E-state index in [4.69, 9.17) is 5.73 Å². The van der Waals surface area contributed by atoms with Gasteiger partial charge in [-0.25, -0.2) is 0 Å². The lowest BCUT2D eigenvalue weighted by molar-refractivity contribution is -0.117. The third-order valence-electron chi connectivity index (χ3n) is 2.18. The van der Waals surface area contributed by atoms with Crippen LogP contribution in [0.5, 0.6) is 0 Å². The maximum absolute atomic E-state index is 10.7. The van der Waals surface area contributed by atoms with Crippen LogP contribution in [0, 0.1) is 0 Å². The molecule has 0 atom stereocenters. The highest BCUT2D eigenvalue weighted by molar-refractivity contribution is 9.10. The molecule has 0 aromatic heterocycles. The fourth-order valence-corrected chi connectivity index (χ4v) is 1.77. The van der Waals surface area contributed by atoms with Crippen molar-refractivity contribution in [2.45, 2.75) is 13.3 Å². The van der Waals surface area contributed by atoms with Crippen molar-refractivity contribution in [1.82, 2.24) is 0 Å². The van der Waals surface area contributed by atoms with Gasteiger partial charge < -0.3 is 10.6 Å². The summed E-state index contributed by atoms with van der Waals surface area (Å²) in [6, 6.07) is 8.01. The Balaban J connectivity index is 2.69. The van der Waals surface area contributed by atoms with Crippen molar-refractivity contribution in [3.05, 3.63) is 28.7 Å². The Hall–Kier alpha value is -1.03. The number of halogens is 1. The predicted molar refractivity (Wildman–Crippen MR) is 65.8 cm³/mol. The van der Waals surface area contributed by atoms with Gasteiger partial charge in [-0.05, 0) is 25.1 Å². The predicted octanol–water partition coefficient (Wildman–Crippen LogP) is 2.15.